The van der Waals surface area contributed by atoms with Crippen molar-refractivity contribution in [3.8, 4) is 0 Å². The van der Waals surface area contributed by atoms with Gasteiger partial charge >= 0.3 is 0 Å². The third-order valence-corrected chi connectivity index (χ3v) is 7.39. The SMILES string of the molecule is O=C(CCCc1cccs1)N1CCN(S(=O)(=O)c2c(F)cccc2F)CC1. The van der Waals surface area contributed by atoms with Gasteiger partial charge in [-0.15, -0.1) is 11.3 Å². The van der Waals surface area contributed by atoms with Crippen LogP contribution in [-0.4, -0.2) is 49.7 Å². The number of nitrogens with zero attached hydrogens (tertiary/aromatic N) is 2. The molecule has 1 aliphatic heterocycles. The number of halogens is 2. The number of rotatable bonds is 6. The molecule has 0 spiro atoms. The first-order valence-corrected chi connectivity index (χ1v) is 11.0. The van der Waals surface area contributed by atoms with Gasteiger partial charge in [-0.2, -0.15) is 4.31 Å². The second-order valence-corrected chi connectivity index (χ2v) is 9.18. The standard InChI is InChI=1S/C18H20F2N2O3S2/c19-15-6-2-7-16(20)18(15)27(24,25)22-11-9-21(10-12-22)17(23)8-1-4-14-5-3-13-26-14/h2-3,5-7,13H,1,4,8-12H2. The van der Waals surface area contributed by atoms with E-state index in [-0.39, 0.29) is 32.1 Å². The average molecular weight is 414 g/mol. The van der Waals surface area contributed by atoms with Crippen LogP contribution in [0, 0.1) is 11.6 Å². The van der Waals surface area contributed by atoms with Crippen molar-refractivity contribution < 1.29 is 22.0 Å². The summed E-state index contributed by atoms with van der Waals surface area (Å²) in [7, 11) is -4.27. The van der Waals surface area contributed by atoms with Crippen LogP contribution in [0.25, 0.3) is 0 Å². The van der Waals surface area contributed by atoms with E-state index in [1.165, 1.54) is 4.88 Å². The van der Waals surface area contributed by atoms with Gasteiger partial charge in [-0.1, -0.05) is 12.1 Å². The molecular formula is C18H20F2N2O3S2. The Morgan fingerprint density at radius 1 is 1.04 bits per heavy atom. The highest BCUT2D eigenvalue weighted by Gasteiger charge is 2.33. The maximum Gasteiger partial charge on any atom is 0.249 e. The molecule has 1 fully saturated rings. The Balaban J connectivity index is 1.55. The molecule has 0 aliphatic carbocycles. The minimum Gasteiger partial charge on any atom is -0.340 e. The van der Waals surface area contributed by atoms with Crippen molar-refractivity contribution in [2.24, 2.45) is 0 Å². The molecule has 1 aromatic heterocycles. The first kappa shape index (κ1) is 19.9. The summed E-state index contributed by atoms with van der Waals surface area (Å²) in [6.45, 7) is 0.472. The monoisotopic (exact) mass is 414 g/mol. The molecule has 0 saturated carbocycles. The maximum absolute atomic E-state index is 13.9. The molecular weight excluding hydrogens is 394 g/mol. The number of benzene rings is 1. The summed E-state index contributed by atoms with van der Waals surface area (Å²) < 4.78 is 53.8. The molecule has 3 rings (SSSR count). The van der Waals surface area contributed by atoms with E-state index in [1.54, 1.807) is 16.2 Å². The molecule has 0 bridgehead atoms. The predicted molar refractivity (Wildman–Crippen MR) is 99.0 cm³/mol. The van der Waals surface area contributed by atoms with Crippen molar-refractivity contribution in [3.63, 3.8) is 0 Å². The van der Waals surface area contributed by atoms with Gasteiger partial charge in [-0.3, -0.25) is 4.79 Å². The molecule has 146 valence electrons. The third kappa shape index (κ3) is 4.53. The number of thiophene rings is 1. The van der Waals surface area contributed by atoms with E-state index >= 15 is 0 Å². The molecule has 0 unspecified atom stereocenters. The van der Waals surface area contributed by atoms with Gasteiger partial charge in [-0.05, 0) is 36.4 Å². The quantitative estimate of drug-likeness (QED) is 0.730. The van der Waals surface area contributed by atoms with Crippen LogP contribution in [0.4, 0.5) is 8.78 Å². The van der Waals surface area contributed by atoms with Crippen LogP contribution in [-0.2, 0) is 21.2 Å². The molecule has 0 atom stereocenters. The molecule has 27 heavy (non-hydrogen) atoms. The van der Waals surface area contributed by atoms with Crippen LogP contribution in [0.1, 0.15) is 17.7 Å². The fourth-order valence-electron chi connectivity index (χ4n) is 3.06. The van der Waals surface area contributed by atoms with E-state index in [0.717, 1.165) is 35.3 Å². The lowest BCUT2D eigenvalue weighted by Crippen LogP contribution is -2.50. The van der Waals surface area contributed by atoms with Gasteiger partial charge in [0.1, 0.15) is 11.6 Å². The van der Waals surface area contributed by atoms with Gasteiger partial charge in [0.15, 0.2) is 4.90 Å². The number of aryl methyl sites for hydroxylation is 1. The zero-order chi connectivity index (χ0) is 19.4. The summed E-state index contributed by atoms with van der Waals surface area (Å²) in [6.07, 6.45) is 1.97. The van der Waals surface area contributed by atoms with Crippen LogP contribution in [0.3, 0.4) is 0 Å². The van der Waals surface area contributed by atoms with Crippen molar-refractivity contribution in [1.29, 1.82) is 0 Å². The number of piperazine rings is 1. The van der Waals surface area contributed by atoms with Gasteiger partial charge in [0.05, 0.1) is 0 Å². The van der Waals surface area contributed by atoms with Crippen LogP contribution < -0.4 is 0 Å². The van der Waals surface area contributed by atoms with Crippen LogP contribution in [0.2, 0.25) is 0 Å². The molecule has 2 heterocycles. The lowest BCUT2D eigenvalue weighted by molar-refractivity contribution is -0.132. The van der Waals surface area contributed by atoms with E-state index < -0.39 is 26.6 Å². The predicted octanol–water partition coefficient (Wildman–Crippen LogP) is 2.88. The summed E-state index contributed by atoms with van der Waals surface area (Å²) in [5.74, 6) is -2.25. The lowest BCUT2D eigenvalue weighted by Gasteiger charge is -2.34. The molecule has 5 nitrogen and oxygen atoms in total. The smallest absolute Gasteiger partial charge is 0.249 e. The second kappa shape index (κ2) is 8.45. The van der Waals surface area contributed by atoms with Crippen LogP contribution >= 0.6 is 11.3 Å². The van der Waals surface area contributed by atoms with Crippen LogP contribution in [0.15, 0.2) is 40.6 Å². The minimum atomic E-state index is -4.27. The lowest BCUT2D eigenvalue weighted by atomic mass is 10.2. The van der Waals surface area contributed by atoms with E-state index in [2.05, 4.69) is 0 Å². The summed E-state index contributed by atoms with van der Waals surface area (Å²) in [6, 6.07) is 6.96. The summed E-state index contributed by atoms with van der Waals surface area (Å²) >= 11 is 1.65. The molecule has 1 aromatic carbocycles. The van der Waals surface area contributed by atoms with E-state index in [4.69, 9.17) is 0 Å². The number of sulfonamides is 1. The molecule has 9 heteroatoms. The zero-order valence-corrected chi connectivity index (χ0v) is 16.2. The van der Waals surface area contributed by atoms with Gasteiger partial charge in [0.2, 0.25) is 15.9 Å². The van der Waals surface area contributed by atoms with E-state index in [0.29, 0.717) is 6.42 Å². The topological polar surface area (TPSA) is 57.7 Å². The number of carbonyl (C=O) groups is 1. The van der Waals surface area contributed by atoms with Gasteiger partial charge in [-0.25, -0.2) is 17.2 Å². The highest BCUT2D eigenvalue weighted by Crippen LogP contribution is 2.23. The zero-order valence-electron chi connectivity index (χ0n) is 14.6. The van der Waals surface area contributed by atoms with Crippen molar-refractivity contribution in [2.45, 2.75) is 24.2 Å². The molecule has 2 aromatic rings. The third-order valence-electron chi connectivity index (χ3n) is 4.50. The second-order valence-electron chi connectivity index (χ2n) is 6.27. The van der Waals surface area contributed by atoms with Crippen molar-refractivity contribution in [2.75, 3.05) is 26.2 Å². The first-order chi connectivity index (χ1) is 12.9. The largest absolute Gasteiger partial charge is 0.340 e. The highest BCUT2D eigenvalue weighted by atomic mass is 32.2. The molecule has 1 saturated heterocycles. The number of hydrogen-bond acceptors (Lipinski definition) is 4. The molecule has 1 amide bonds. The molecule has 1 aliphatic rings. The number of carbonyl (C=O) groups excluding carboxylic acids is 1. The number of amides is 1. The van der Waals surface area contributed by atoms with E-state index in [9.17, 15) is 22.0 Å². The first-order valence-electron chi connectivity index (χ1n) is 8.64. The van der Waals surface area contributed by atoms with Crippen LogP contribution in [0.5, 0.6) is 0 Å². The summed E-state index contributed by atoms with van der Waals surface area (Å²) in [5.41, 5.74) is 0. The summed E-state index contributed by atoms with van der Waals surface area (Å²) in [5, 5.41) is 2.00. The normalized spacial score (nSPS) is 15.9. The van der Waals surface area contributed by atoms with Crippen molar-refractivity contribution >= 4 is 27.3 Å². The average Bonchev–Trinajstić information content (AvgIpc) is 3.15. The van der Waals surface area contributed by atoms with Gasteiger partial charge in [0, 0.05) is 37.5 Å². The van der Waals surface area contributed by atoms with E-state index in [1.807, 2.05) is 17.5 Å². The Labute approximate surface area is 161 Å². The fourth-order valence-corrected chi connectivity index (χ4v) is 5.35. The number of hydrogen-bond donors (Lipinski definition) is 0. The Morgan fingerprint density at radius 3 is 2.30 bits per heavy atom. The Kier molecular flexibility index (Phi) is 6.23. The van der Waals surface area contributed by atoms with Crippen molar-refractivity contribution in [1.82, 2.24) is 9.21 Å². The Hall–Kier alpha value is -1.84. The summed E-state index contributed by atoms with van der Waals surface area (Å²) in [4.78, 5) is 14.2. The van der Waals surface area contributed by atoms with Crippen molar-refractivity contribution in [3.05, 3.63) is 52.2 Å². The van der Waals surface area contributed by atoms with Gasteiger partial charge in [0.25, 0.3) is 0 Å². The minimum absolute atomic E-state index is 0.0206. The molecule has 0 N–H and O–H groups in total. The molecule has 0 radical (unpaired) electrons. The maximum atomic E-state index is 13.9. The Morgan fingerprint density at radius 2 is 1.70 bits per heavy atom. The fraction of sp³-hybridized carbons (Fsp3) is 0.389. The van der Waals surface area contributed by atoms with Gasteiger partial charge < -0.3 is 4.90 Å². The Bertz CT molecular complexity index is 873. The highest BCUT2D eigenvalue weighted by molar-refractivity contribution is 7.89.